The Kier molecular flexibility index (Phi) is 5.77. The van der Waals surface area contributed by atoms with Gasteiger partial charge in [0.05, 0.1) is 0 Å². The van der Waals surface area contributed by atoms with E-state index in [4.69, 9.17) is 9.78 Å². The van der Waals surface area contributed by atoms with Gasteiger partial charge in [0.1, 0.15) is 6.61 Å². The van der Waals surface area contributed by atoms with Crippen molar-refractivity contribution in [3.8, 4) is 5.75 Å². The molecular formula is C16H23NO3. The Morgan fingerprint density at radius 2 is 1.90 bits per heavy atom. The van der Waals surface area contributed by atoms with Crippen LogP contribution in [0.2, 0.25) is 0 Å². The highest BCUT2D eigenvalue weighted by molar-refractivity contribution is 5.94. The monoisotopic (exact) mass is 277 g/mol. The maximum absolute atomic E-state index is 12.0. The second-order valence-corrected chi connectivity index (χ2v) is 5.52. The maximum atomic E-state index is 12.0. The molecule has 1 aromatic rings. The second-order valence-electron chi connectivity index (χ2n) is 5.52. The van der Waals surface area contributed by atoms with Gasteiger partial charge >= 0.3 is 0 Å². The molecule has 0 aliphatic heterocycles. The Balaban J connectivity index is 2.54. The molecule has 0 radical (unpaired) electrons. The first-order valence-electron chi connectivity index (χ1n) is 6.70. The molecule has 1 amide bonds. The topological polar surface area (TPSA) is 47.6 Å². The number of hydrogen-bond donors (Lipinski definition) is 1. The van der Waals surface area contributed by atoms with E-state index in [1.54, 1.807) is 24.3 Å². The van der Waals surface area contributed by atoms with Crippen LogP contribution in [0.15, 0.2) is 36.4 Å². The van der Waals surface area contributed by atoms with E-state index in [1.807, 2.05) is 27.7 Å². The standard InChI is InChI=1S/C16H23NO3/c1-6-16(4,5)15(18)17-13-7-9-14(10-8-13)20-19-11-12(2)3/h7-10H,2,6,11H2,1,3-5H3,(H,17,18). The van der Waals surface area contributed by atoms with Crippen LogP contribution in [0.5, 0.6) is 5.75 Å². The number of hydrogen-bond acceptors (Lipinski definition) is 3. The summed E-state index contributed by atoms with van der Waals surface area (Å²) >= 11 is 0. The molecule has 0 aliphatic rings. The fourth-order valence-corrected chi connectivity index (χ4v) is 1.25. The molecule has 0 fully saturated rings. The number of rotatable bonds is 7. The summed E-state index contributed by atoms with van der Waals surface area (Å²) in [7, 11) is 0. The molecule has 110 valence electrons. The van der Waals surface area contributed by atoms with Crippen molar-refractivity contribution in [3.05, 3.63) is 36.4 Å². The van der Waals surface area contributed by atoms with E-state index in [-0.39, 0.29) is 11.3 Å². The molecule has 0 atom stereocenters. The fourth-order valence-electron chi connectivity index (χ4n) is 1.25. The van der Waals surface area contributed by atoms with Crippen LogP contribution in [0, 0.1) is 5.41 Å². The molecule has 1 N–H and O–H groups in total. The molecule has 0 aromatic heterocycles. The highest BCUT2D eigenvalue weighted by Gasteiger charge is 2.25. The molecule has 1 aromatic carbocycles. The summed E-state index contributed by atoms with van der Waals surface area (Å²) in [6.45, 7) is 11.8. The Labute approximate surface area is 120 Å². The average Bonchev–Trinajstić information content (AvgIpc) is 2.40. The largest absolute Gasteiger partial charge is 0.337 e. The number of carbonyl (C=O) groups excluding carboxylic acids is 1. The van der Waals surface area contributed by atoms with Gasteiger partial charge in [-0.25, -0.2) is 0 Å². The van der Waals surface area contributed by atoms with Crippen LogP contribution < -0.4 is 10.2 Å². The molecule has 4 nitrogen and oxygen atoms in total. The zero-order valence-electron chi connectivity index (χ0n) is 12.7. The van der Waals surface area contributed by atoms with Gasteiger partial charge in [0.2, 0.25) is 5.91 Å². The van der Waals surface area contributed by atoms with E-state index in [2.05, 4.69) is 11.9 Å². The van der Waals surface area contributed by atoms with Crippen LogP contribution >= 0.6 is 0 Å². The summed E-state index contributed by atoms with van der Waals surface area (Å²) in [6, 6.07) is 7.05. The minimum Gasteiger partial charge on any atom is -0.337 e. The molecule has 0 heterocycles. The van der Waals surface area contributed by atoms with Crippen LogP contribution in [-0.4, -0.2) is 12.5 Å². The maximum Gasteiger partial charge on any atom is 0.230 e. The summed E-state index contributed by atoms with van der Waals surface area (Å²) in [5, 5.41) is 2.89. The number of carbonyl (C=O) groups is 1. The van der Waals surface area contributed by atoms with E-state index in [9.17, 15) is 4.79 Å². The lowest BCUT2D eigenvalue weighted by Gasteiger charge is -2.21. The molecule has 0 unspecified atom stereocenters. The van der Waals surface area contributed by atoms with Gasteiger partial charge in [-0.2, -0.15) is 4.89 Å². The predicted molar refractivity (Wildman–Crippen MR) is 80.5 cm³/mol. The van der Waals surface area contributed by atoms with Crippen LogP contribution in [-0.2, 0) is 9.68 Å². The smallest absolute Gasteiger partial charge is 0.230 e. The van der Waals surface area contributed by atoms with Gasteiger partial charge in [-0.15, -0.1) is 0 Å². The van der Waals surface area contributed by atoms with Gasteiger partial charge in [0.25, 0.3) is 0 Å². The lowest BCUT2D eigenvalue weighted by atomic mass is 9.89. The van der Waals surface area contributed by atoms with Crippen molar-refractivity contribution in [3.63, 3.8) is 0 Å². The summed E-state index contributed by atoms with van der Waals surface area (Å²) in [5.74, 6) is 0.589. The lowest BCUT2D eigenvalue weighted by molar-refractivity contribution is -0.197. The van der Waals surface area contributed by atoms with Gasteiger partial charge in [-0.3, -0.25) is 4.79 Å². The number of amides is 1. The van der Waals surface area contributed by atoms with Gasteiger partial charge in [0.15, 0.2) is 5.75 Å². The number of anilines is 1. The quantitative estimate of drug-likeness (QED) is 0.466. The first-order valence-corrected chi connectivity index (χ1v) is 6.70. The fraction of sp³-hybridized carbons (Fsp3) is 0.438. The van der Waals surface area contributed by atoms with Crippen molar-refractivity contribution in [2.45, 2.75) is 34.1 Å². The number of nitrogens with one attached hydrogen (secondary N) is 1. The Morgan fingerprint density at radius 1 is 1.30 bits per heavy atom. The van der Waals surface area contributed by atoms with Crippen molar-refractivity contribution >= 4 is 11.6 Å². The third-order valence-corrected chi connectivity index (χ3v) is 3.07. The SMILES string of the molecule is C=C(C)COOc1ccc(NC(=O)C(C)(C)CC)cc1. The van der Waals surface area contributed by atoms with Crippen LogP contribution in [0.4, 0.5) is 5.69 Å². The van der Waals surface area contributed by atoms with Gasteiger partial charge in [-0.1, -0.05) is 32.9 Å². The molecule has 4 heteroatoms. The lowest BCUT2D eigenvalue weighted by Crippen LogP contribution is -2.29. The normalized spacial score (nSPS) is 11.0. The average molecular weight is 277 g/mol. The van der Waals surface area contributed by atoms with E-state index in [0.717, 1.165) is 17.7 Å². The molecular weight excluding hydrogens is 254 g/mol. The molecule has 20 heavy (non-hydrogen) atoms. The van der Waals surface area contributed by atoms with Crippen LogP contribution in [0.1, 0.15) is 34.1 Å². The number of benzene rings is 1. The highest BCUT2D eigenvalue weighted by Crippen LogP contribution is 2.23. The summed E-state index contributed by atoms with van der Waals surface area (Å²) < 4.78 is 0. The van der Waals surface area contributed by atoms with Crippen molar-refractivity contribution in [1.82, 2.24) is 0 Å². The highest BCUT2D eigenvalue weighted by atomic mass is 17.2. The Morgan fingerprint density at radius 3 is 2.40 bits per heavy atom. The minimum absolute atomic E-state index is 0.00667. The third kappa shape index (κ3) is 5.05. The zero-order chi connectivity index (χ0) is 15.2. The summed E-state index contributed by atoms with van der Waals surface area (Å²) in [6.07, 6.45) is 0.786. The van der Waals surface area contributed by atoms with Crippen LogP contribution in [0.3, 0.4) is 0 Å². The third-order valence-electron chi connectivity index (χ3n) is 3.07. The summed E-state index contributed by atoms with van der Waals surface area (Å²) in [5.41, 5.74) is 1.25. The zero-order valence-corrected chi connectivity index (χ0v) is 12.7. The second kappa shape index (κ2) is 7.10. The Hall–Kier alpha value is -1.81. The molecule has 0 aliphatic carbocycles. The Bertz CT molecular complexity index is 463. The van der Waals surface area contributed by atoms with Crippen LogP contribution in [0.25, 0.3) is 0 Å². The minimum atomic E-state index is -0.375. The van der Waals surface area contributed by atoms with E-state index >= 15 is 0 Å². The molecule has 0 bridgehead atoms. The first-order chi connectivity index (χ1) is 9.35. The van der Waals surface area contributed by atoms with Gasteiger partial charge in [-0.05, 0) is 37.6 Å². The van der Waals surface area contributed by atoms with E-state index in [1.165, 1.54) is 0 Å². The van der Waals surface area contributed by atoms with Crippen molar-refractivity contribution in [2.75, 3.05) is 11.9 Å². The molecule has 1 rings (SSSR count). The summed E-state index contributed by atoms with van der Waals surface area (Å²) in [4.78, 5) is 22.1. The predicted octanol–water partition coefficient (Wildman–Crippen LogP) is 3.95. The molecule has 0 spiro atoms. The first kappa shape index (κ1) is 16.2. The molecule has 0 saturated carbocycles. The van der Waals surface area contributed by atoms with E-state index in [0.29, 0.717) is 12.4 Å². The van der Waals surface area contributed by atoms with Crippen molar-refractivity contribution in [2.24, 2.45) is 5.41 Å². The van der Waals surface area contributed by atoms with Gasteiger partial charge in [0, 0.05) is 11.1 Å². The van der Waals surface area contributed by atoms with E-state index < -0.39 is 0 Å². The van der Waals surface area contributed by atoms with Crippen molar-refractivity contribution in [1.29, 1.82) is 0 Å². The van der Waals surface area contributed by atoms with Crippen molar-refractivity contribution < 1.29 is 14.6 Å². The van der Waals surface area contributed by atoms with Gasteiger partial charge < -0.3 is 10.2 Å². The molecule has 0 saturated heterocycles.